The second kappa shape index (κ2) is 13.3. The van der Waals surface area contributed by atoms with Crippen LogP contribution in [0, 0.1) is 0 Å². The van der Waals surface area contributed by atoms with Crippen LogP contribution in [-0.4, -0.2) is 0 Å². The van der Waals surface area contributed by atoms with Crippen molar-refractivity contribution < 1.29 is 0 Å². The minimum Gasteiger partial charge on any atom is -0.310 e. The van der Waals surface area contributed by atoms with Gasteiger partial charge in [-0.2, -0.15) is 0 Å². The van der Waals surface area contributed by atoms with E-state index in [9.17, 15) is 0 Å². The Morgan fingerprint density at radius 3 is 1.68 bits per heavy atom. The monoisotopic (exact) mass is 783 g/mol. The molecule has 12 rings (SSSR count). The molecule has 9 aromatic carbocycles. The molecule has 10 aromatic rings. The van der Waals surface area contributed by atoms with E-state index in [2.05, 4.69) is 231 Å². The van der Waals surface area contributed by atoms with Gasteiger partial charge in [-0.1, -0.05) is 184 Å². The highest BCUT2D eigenvalue weighted by atomic mass is 32.1. The molecule has 0 N–H and O–H groups in total. The standard InChI is InChI=1S/C58H41NS/c1-57(2)49-23-12-11-22-47(49)56-52(57)26-15-27-53(56)59(42-31-28-39(29-32-42)38-16-5-3-6-17-38)43-33-35-54-48(37-43)46-34-30-41(36-55(46)60-54)58(40-18-7-4-8-19-40)50-24-13-9-20-44(50)45-21-10-14-25-51(45)58/h3-37H,1-2H3. The van der Waals surface area contributed by atoms with Gasteiger partial charge in [0.2, 0.25) is 0 Å². The lowest BCUT2D eigenvalue weighted by atomic mass is 9.67. The third kappa shape index (κ3) is 4.98. The molecular weight excluding hydrogens is 743 g/mol. The smallest absolute Gasteiger partial charge is 0.0714 e. The zero-order valence-electron chi connectivity index (χ0n) is 33.6. The van der Waals surface area contributed by atoms with E-state index < -0.39 is 5.41 Å². The van der Waals surface area contributed by atoms with E-state index >= 15 is 0 Å². The maximum absolute atomic E-state index is 2.49. The van der Waals surface area contributed by atoms with Crippen LogP contribution in [0.4, 0.5) is 17.1 Å². The van der Waals surface area contributed by atoms with Gasteiger partial charge >= 0.3 is 0 Å². The van der Waals surface area contributed by atoms with Gasteiger partial charge in [0.15, 0.2) is 0 Å². The second-order valence-corrected chi connectivity index (χ2v) is 17.9. The first-order chi connectivity index (χ1) is 29.5. The van der Waals surface area contributed by atoms with Crippen molar-refractivity contribution in [3.05, 3.63) is 246 Å². The molecule has 0 radical (unpaired) electrons. The SMILES string of the molecule is CC1(C)c2ccccc2-c2c(N(c3ccc(-c4ccccc4)cc3)c3ccc4sc5cc(C6(c7ccccc7)c7ccccc7-c7ccccc76)ccc5c4c3)cccc21. The molecule has 0 spiro atoms. The molecule has 0 fully saturated rings. The zero-order valence-corrected chi connectivity index (χ0v) is 34.4. The first kappa shape index (κ1) is 35.0. The van der Waals surface area contributed by atoms with Crippen LogP contribution in [0.25, 0.3) is 53.6 Å². The van der Waals surface area contributed by atoms with Crippen LogP contribution >= 0.6 is 11.3 Å². The maximum Gasteiger partial charge on any atom is 0.0714 e. The molecule has 0 aliphatic heterocycles. The number of rotatable bonds is 6. The summed E-state index contributed by atoms with van der Waals surface area (Å²) in [5.74, 6) is 0. The van der Waals surface area contributed by atoms with Gasteiger partial charge in [-0.25, -0.2) is 0 Å². The van der Waals surface area contributed by atoms with Crippen LogP contribution in [0.3, 0.4) is 0 Å². The van der Waals surface area contributed by atoms with Crippen LogP contribution in [-0.2, 0) is 10.8 Å². The largest absolute Gasteiger partial charge is 0.310 e. The Balaban J connectivity index is 1.05. The molecule has 1 heterocycles. The van der Waals surface area contributed by atoms with E-state index in [0.717, 1.165) is 11.4 Å². The number of hydrogen-bond acceptors (Lipinski definition) is 2. The van der Waals surface area contributed by atoms with E-state index in [0.29, 0.717) is 0 Å². The predicted octanol–water partition coefficient (Wildman–Crippen LogP) is 15.9. The molecule has 1 nitrogen and oxygen atoms in total. The topological polar surface area (TPSA) is 3.24 Å². The van der Waals surface area contributed by atoms with Gasteiger partial charge in [-0.05, 0) is 104 Å². The molecule has 0 saturated heterocycles. The molecule has 0 bridgehead atoms. The molecular formula is C58H41NS. The zero-order chi connectivity index (χ0) is 40.0. The van der Waals surface area contributed by atoms with Crippen molar-refractivity contribution in [2.75, 3.05) is 4.90 Å². The first-order valence-electron chi connectivity index (χ1n) is 20.9. The summed E-state index contributed by atoms with van der Waals surface area (Å²) < 4.78 is 2.59. The Labute approximate surface area is 355 Å². The number of nitrogens with zero attached hydrogens (tertiary/aromatic N) is 1. The maximum atomic E-state index is 2.49. The van der Waals surface area contributed by atoms with Gasteiger partial charge in [-0.15, -0.1) is 11.3 Å². The van der Waals surface area contributed by atoms with Crippen LogP contribution in [0.5, 0.6) is 0 Å². The van der Waals surface area contributed by atoms with Crippen LogP contribution in [0.15, 0.2) is 212 Å². The van der Waals surface area contributed by atoms with E-state index in [-0.39, 0.29) is 5.41 Å². The molecule has 1 aromatic heterocycles. The lowest BCUT2D eigenvalue weighted by Crippen LogP contribution is -2.28. The van der Waals surface area contributed by atoms with E-state index in [1.54, 1.807) is 0 Å². The Hall–Kier alpha value is -7.00. The highest BCUT2D eigenvalue weighted by Crippen LogP contribution is 2.57. The minimum atomic E-state index is -0.426. The fourth-order valence-corrected chi connectivity index (χ4v) is 11.8. The lowest BCUT2D eigenvalue weighted by Gasteiger charge is -2.33. The van der Waals surface area contributed by atoms with Gasteiger partial charge in [0, 0.05) is 42.5 Å². The molecule has 2 aliphatic carbocycles. The number of thiophene rings is 1. The highest BCUT2D eigenvalue weighted by Gasteiger charge is 2.46. The number of anilines is 3. The van der Waals surface area contributed by atoms with Crippen LogP contribution < -0.4 is 4.90 Å². The van der Waals surface area contributed by atoms with Crippen molar-refractivity contribution >= 4 is 48.6 Å². The van der Waals surface area contributed by atoms with E-state index in [4.69, 9.17) is 0 Å². The first-order valence-corrected chi connectivity index (χ1v) is 21.7. The third-order valence-electron chi connectivity index (χ3n) is 13.4. The van der Waals surface area contributed by atoms with Crippen molar-refractivity contribution in [3.8, 4) is 33.4 Å². The Bertz CT molecular complexity index is 3240. The molecule has 2 heteroatoms. The quantitative estimate of drug-likeness (QED) is 0.162. The van der Waals surface area contributed by atoms with Crippen LogP contribution in [0.2, 0.25) is 0 Å². The molecule has 0 unspecified atom stereocenters. The fraction of sp³-hybridized carbons (Fsp3) is 0.0690. The minimum absolute atomic E-state index is 0.104. The Kier molecular flexibility index (Phi) is 7.73. The van der Waals surface area contributed by atoms with Gasteiger partial charge in [0.1, 0.15) is 0 Å². The summed E-state index contributed by atoms with van der Waals surface area (Å²) in [4.78, 5) is 2.49. The summed E-state index contributed by atoms with van der Waals surface area (Å²) in [6.07, 6.45) is 0. The summed E-state index contributed by atoms with van der Waals surface area (Å²) in [5.41, 5.74) is 18.6. The van der Waals surface area contributed by atoms with Crippen molar-refractivity contribution in [2.24, 2.45) is 0 Å². The van der Waals surface area contributed by atoms with Crippen molar-refractivity contribution in [3.63, 3.8) is 0 Å². The Morgan fingerprint density at radius 2 is 0.967 bits per heavy atom. The van der Waals surface area contributed by atoms with Gasteiger partial charge < -0.3 is 4.90 Å². The normalized spacial score (nSPS) is 14.1. The summed E-state index contributed by atoms with van der Waals surface area (Å²) in [6.45, 7) is 4.73. The van der Waals surface area contributed by atoms with E-state index in [1.807, 2.05) is 11.3 Å². The fourth-order valence-electron chi connectivity index (χ4n) is 10.6. The number of fused-ring (bicyclic) bond motifs is 9. The van der Waals surface area contributed by atoms with Crippen molar-refractivity contribution in [1.82, 2.24) is 0 Å². The van der Waals surface area contributed by atoms with Gasteiger partial charge in [0.05, 0.1) is 11.1 Å². The van der Waals surface area contributed by atoms with E-state index in [1.165, 1.54) is 92.6 Å². The average molecular weight is 784 g/mol. The molecule has 60 heavy (non-hydrogen) atoms. The summed E-state index contributed by atoms with van der Waals surface area (Å²) in [5, 5.41) is 2.56. The van der Waals surface area contributed by atoms with Gasteiger partial charge in [-0.3, -0.25) is 0 Å². The molecule has 0 atom stereocenters. The highest BCUT2D eigenvalue weighted by molar-refractivity contribution is 7.25. The summed E-state index contributed by atoms with van der Waals surface area (Å²) >= 11 is 1.89. The Morgan fingerprint density at radius 1 is 0.383 bits per heavy atom. The molecule has 284 valence electrons. The third-order valence-corrected chi connectivity index (χ3v) is 14.5. The van der Waals surface area contributed by atoms with Crippen molar-refractivity contribution in [1.29, 1.82) is 0 Å². The van der Waals surface area contributed by atoms with Crippen LogP contribution in [0.1, 0.15) is 47.2 Å². The molecule has 2 aliphatic rings. The van der Waals surface area contributed by atoms with Gasteiger partial charge in [0.25, 0.3) is 0 Å². The number of benzene rings is 9. The molecule has 0 saturated carbocycles. The lowest BCUT2D eigenvalue weighted by molar-refractivity contribution is 0.660. The second-order valence-electron chi connectivity index (χ2n) is 16.8. The average Bonchev–Trinajstić information content (AvgIpc) is 3.91. The predicted molar refractivity (Wildman–Crippen MR) is 254 cm³/mol. The summed E-state index contributed by atoms with van der Waals surface area (Å²) in [7, 11) is 0. The summed E-state index contributed by atoms with van der Waals surface area (Å²) in [6, 6.07) is 79.1. The molecule has 0 amide bonds. The number of hydrogen-bond donors (Lipinski definition) is 0. The van der Waals surface area contributed by atoms with Crippen molar-refractivity contribution in [2.45, 2.75) is 24.7 Å².